The normalized spacial score (nSPS) is 11.5. The summed E-state index contributed by atoms with van der Waals surface area (Å²) in [6, 6.07) is 18.6. The number of carbonyl (C=O) groups is 1. The van der Waals surface area contributed by atoms with Crippen molar-refractivity contribution in [2.75, 3.05) is 5.32 Å². The predicted molar refractivity (Wildman–Crippen MR) is 116 cm³/mol. The molecule has 0 aliphatic carbocycles. The van der Waals surface area contributed by atoms with Crippen molar-refractivity contribution in [3.8, 4) is 0 Å². The molecule has 152 valence electrons. The molecule has 7 nitrogen and oxygen atoms in total. The molecule has 0 atom stereocenters. The van der Waals surface area contributed by atoms with Crippen LogP contribution in [-0.2, 0) is 16.6 Å². The van der Waals surface area contributed by atoms with Crippen LogP contribution in [0.5, 0.6) is 0 Å². The quantitative estimate of drug-likeness (QED) is 0.422. The Morgan fingerprint density at radius 3 is 2.63 bits per heavy atom. The number of fused-ring (bicyclic) bond motifs is 1. The zero-order valence-electron chi connectivity index (χ0n) is 15.6. The smallest absolute Gasteiger partial charge is 0.255 e. The van der Waals surface area contributed by atoms with Crippen molar-refractivity contribution in [1.82, 2.24) is 14.9 Å². The van der Waals surface area contributed by atoms with E-state index in [2.05, 4.69) is 20.2 Å². The zero-order chi connectivity index (χ0) is 21.1. The number of nitrogens with zero attached hydrogens (tertiary/aromatic N) is 1. The number of anilines is 1. The molecule has 0 aliphatic heterocycles. The highest BCUT2D eigenvalue weighted by Gasteiger charge is 2.20. The summed E-state index contributed by atoms with van der Waals surface area (Å²) in [6.07, 6.45) is 1.65. The summed E-state index contributed by atoms with van der Waals surface area (Å²) < 4.78 is 28.0. The van der Waals surface area contributed by atoms with Gasteiger partial charge in [-0.05, 0) is 29.8 Å². The standard InChI is InChI=1S/C21H17ClN4O3S/c22-17-10-9-15(21(27)25-18-8-4-7-16-13-23-26-20(16)18)11-19(17)30(28,29)24-12-14-5-2-1-3-6-14/h1-11,13,24H,12H2,(H,23,26)(H,25,27). The van der Waals surface area contributed by atoms with E-state index in [4.69, 9.17) is 11.6 Å². The monoisotopic (exact) mass is 440 g/mol. The molecule has 3 N–H and O–H groups in total. The van der Waals surface area contributed by atoms with Gasteiger partial charge in [0.1, 0.15) is 4.90 Å². The van der Waals surface area contributed by atoms with Gasteiger partial charge in [-0.1, -0.05) is 54.1 Å². The van der Waals surface area contributed by atoms with Crippen LogP contribution in [0.2, 0.25) is 5.02 Å². The molecule has 1 heterocycles. The molecule has 0 unspecified atom stereocenters. The zero-order valence-corrected chi connectivity index (χ0v) is 17.2. The molecule has 1 amide bonds. The lowest BCUT2D eigenvalue weighted by atomic mass is 10.2. The highest BCUT2D eigenvalue weighted by molar-refractivity contribution is 7.89. The molecule has 4 rings (SSSR count). The van der Waals surface area contributed by atoms with Crippen molar-refractivity contribution in [3.05, 3.63) is 89.1 Å². The second kappa shape index (κ2) is 8.27. The minimum absolute atomic E-state index is 0.0304. The first-order valence-corrected chi connectivity index (χ1v) is 10.9. The fourth-order valence-corrected chi connectivity index (χ4v) is 4.51. The molecular weight excluding hydrogens is 424 g/mol. The molecule has 1 aromatic heterocycles. The first-order chi connectivity index (χ1) is 14.4. The van der Waals surface area contributed by atoms with Gasteiger partial charge in [-0.25, -0.2) is 13.1 Å². The molecule has 4 aromatic rings. The van der Waals surface area contributed by atoms with Crippen LogP contribution >= 0.6 is 11.6 Å². The fourth-order valence-electron chi connectivity index (χ4n) is 2.97. The molecule has 0 saturated heterocycles. The Bertz CT molecular complexity index is 1320. The Morgan fingerprint density at radius 2 is 1.83 bits per heavy atom. The van der Waals surface area contributed by atoms with Crippen molar-refractivity contribution in [1.29, 1.82) is 0 Å². The van der Waals surface area contributed by atoms with Gasteiger partial charge in [0.15, 0.2) is 0 Å². The summed E-state index contributed by atoms with van der Waals surface area (Å²) in [5.41, 5.74) is 2.18. The van der Waals surface area contributed by atoms with Crippen molar-refractivity contribution >= 4 is 44.1 Å². The maximum Gasteiger partial charge on any atom is 0.255 e. The van der Waals surface area contributed by atoms with Crippen LogP contribution in [0, 0.1) is 0 Å². The van der Waals surface area contributed by atoms with E-state index in [1.54, 1.807) is 18.3 Å². The third-order valence-corrected chi connectivity index (χ3v) is 6.40. The summed E-state index contributed by atoms with van der Waals surface area (Å²) >= 11 is 6.13. The number of rotatable bonds is 6. The van der Waals surface area contributed by atoms with Crippen LogP contribution in [0.25, 0.3) is 10.9 Å². The second-order valence-electron chi connectivity index (χ2n) is 6.55. The van der Waals surface area contributed by atoms with Gasteiger partial charge in [0.25, 0.3) is 5.91 Å². The summed E-state index contributed by atoms with van der Waals surface area (Å²) in [7, 11) is -3.92. The number of halogens is 1. The van der Waals surface area contributed by atoms with Gasteiger partial charge in [0, 0.05) is 17.5 Å². The fraction of sp³-hybridized carbons (Fsp3) is 0.0476. The topological polar surface area (TPSA) is 104 Å². The third-order valence-electron chi connectivity index (χ3n) is 4.52. The Morgan fingerprint density at radius 1 is 1.03 bits per heavy atom. The number of hydrogen-bond donors (Lipinski definition) is 3. The minimum atomic E-state index is -3.92. The van der Waals surface area contributed by atoms with Gasteiger partial charge < -0.3 is 5.32 Å². The van der Waals surface area contributed by atoms with E-state index in [0.29, 0.717) is 11.2 Å². The number of H-pyrrole nitrogens is 1. The third kappa shape index (κ3) is 4.20. The Hall–Kier alpha value is -3.20. The van der Waals surface area contributed by atoms with Crippen LogP contribution in [0.4, 0.5) is 5.69 Å². The molecule has 9 heteroatoms. The lowest BCUT2D eigenvalue weighted by molar-refractivity contribution is 0.102. The van der Waals surface area contributed by atoms with Gasteiger partial charge in [0.2, 0.25) is 10.0 Å². The predicted octanol–water partition coefficient (Wildman–Crippen LogP) is 3.95. The number of carbonyl (C=O) groups excluding carboxylic acids is 1. The van der Waals surface area contributed by atoms with Gasteiger partial charge in [-0.2, -0.15) is 5.10 Å². The van der Waals surface area contributed by atoms with Crippen molar-refractivity contribution in [3.63, 3.8) is 0 Å². The molecule has 30 heavy (non-hydrogen) atoms. The number of hydrogen-bond acceptors (Lipinski definition) is 4. The SMILES string of the molecule is O=C(Nc1cccc2cn[nH]c12)c1ccc(Cl)c(S(=O)(=O)NCc2ccccc2)c1. The Labute approximate surface area is 178 Å². The average molecular weight is 441 g/mol. The van der Waals surface area contributed by atoms with E-state index < -0.39 is 15.9 Å². The van der Waals surface area contributed by atoms with Crippen molar-refractivity contribution in [2.24, 2.45) is 0 Å². The highest BCUT2D eigenvalue weighted by atomic mass is 35.5. The largest absolute Gasteiger partial charge is 0.320 e. The number of amides is 1. The molecular formula is C21H17ClN4O3S. The molecule has 0 radical (unpaired) electrons. The number of nitrogens with one attached hydrogen (secondary N) is 3. The summed E-state index contributed by atoms with van der Waals surface area (Å²) in [5.74, 6) is -0.465. The maximum atomic E-state index is 12.8. The van der Waals surface area contributed by atoms with Crippen LogP contribution in [0.3, 0.4) is 0 Å². The van der Waals surface area contributed by atoms with E-state index in [9.17, 15) is 13.2 Å². The molecule has 0 spiro atoms. The lowest BCUT2D eigenvalue weighted by Gasteiger charge is -2.11. The summed E-state index contributed by atoms with van der Waals surface area (Å²) in [4.78, 5) is 12.6. The van der Waals surface area contributed by atoms with E-state index in [0.717, 1.165) is 10.9 Å². The summed E-state index contributed by atoms with van der Waals surface area (Å²) in [6.45, 7) is 0.109. The lowest BCUT2D eigenvalue weighted by Crippen LogP contribution is -2.24. The number of aromatic amines is 1. The van der Waals surface area contributed by atoms with Gasteiger partial charge in [0.05, 0.1) is 22.4 Å². The van der Waals surface area contributed by atoms with Crippen molar-refractivity contribution in [2.45, 2.75) is 11.4 Å². The molecule has 0 bridgehead atoms. The average Bonchev–Trinajstić information content (AvgIpc) is 3.23. The maximum absolute atomic E-state index is 12.8. The Kier molecular flexibility index (Phi) is 5.54. The van der Waals surface area contributed by atoms with E-state index in [1.807, 2.05) is 36.4 Å². The van der Waals surface area contributed by atoms with Crippen LogP contribution < -0.4 is 10.0 Å². The Balaban J connectivity index is 1.58. The van der Waals surface area contributed by atoms with Crippen LogP contribution in [0.1, 0.15) is 15.9 Å². The molecule has 0 saturated carbocycles. The number of para-hydroxylation sites is 1. The van der Waals surface area contributed by atoms with E-state index in [1.165, 1.54) is 18.2 Å². The van der Waals surface area contributed by atoms with Crippen molar-refractivity contribution < 1.29 is 13.2 Å². The minimum Gasteiger partial charge on any atom is -0.320 e. The number of benzene rings is 3. The number of aromatic nitrogens is 2. The second-order valence-corrected chi connectivity index (χ2v) is 8.69. The van der Waals surface area contributed by atoms with Gasteiger partial charge in [-0.3, -0.25) is 9.89 Å². The molecule has 0 fully saturated rings. The molecule has 3 aromatic carbocycles. The van der Waals surface area contributed by atoms with Crippen LogP contribution in [-0.4, -0.2) is 24.5 Å². The molecule has 0 aliphatic rings. The van der Waals surface area contributed by atoms with Gasteiger partial charge in [-0.15, -0.1) is 0 Å². The summed E-state index contributed by atoms with van der Waals surface area (Å²) in [5, 5.41) is 10.4. The van der Waals surface area contributed by atoms with Crippen LogP contribution in [0.15, 0.2) is 77.8 Å². The van der Waals surface area contributed by atoms with E-state index in [-0.39, 0.29) is 22.0 Å². The first-order valence-electron chi connectivity index (χ1n) is 9.01. The number of sulfonamides is 1. The highest BCUT2D eigenvalue weighted by Crippen LogP contribution is 2.25. The van der Waals surface area contributed by atoms with Gasteiger partial charge >= 0.3 is 0 Å². The van der Waals surface area contributed by atoms with E-state index >= 15 is 0 Å². The first kappa shape index (κ1) is 20.1.